The van der Waals surface area contributed by atoms with Gasteiger partial charge in [0.05, 0.1) is 0 Å². The fourth-order valence-corrected chi connectivity index (χ4v) is 0.951. The van der Waals surface area contributed by atoms with Crippen molar-refractivity contribution in [2.75, 3.05) is 5.33 Å². The zero-order valence-corrected chi connectivity index (χ0v) is 7.66. The molecule has 0 radical (unpaired) electrons. The van der Waals surface area contributed by atoms with Crippen LogP contribution in [-0.2, 0) is 6.42 Å². The summed E-state index contributed by atoms with van der Waals surface area (Å²) in [6, 6.07) is 1.82. The van der Waals surface area contributed by atoms with E-state index < -0.39 is 0 Å². The number of rotatable bonds is 3. The second kappa shape index (κ2) is 5.02. The van der Waals surface area contributed by atoms with Gasteiger partial charge in [0.2, 0.25) is 0 Å². The van der Waals surface area contributed by atoms with Crippen molar-refractivity contribution in [3.05, 3.63) is 36.4 Å². The van der Waals surface area contributed by atoms with Crippen molar-refractivity contribution >= 4 is 15.9 Å². The number of aromatic nitrogens is 2. The Morgan fingerprint density at radius 2 is 2.00 bits per heavy atom. The van der Waals surface area contributed by atoms with Crippen LogP contribution in [0.5, 0.6) is 0 Å². The van der Waals surface area contributed by atoms with E-state index in [4.69, 9.17) is 0 Å². The third kappa shape index (κ3) is 3.28. The van der Waals surface area contributed by atoms with Crippen molar-refractivity contribution in [2.24, 2.45) is 0 Å². The second-order valence-electron chi connectivity index (χ2n) is 1.99. The summed E-state index contributed by atoms with van der Waals surface area (Å²) in [4.78, 5) is 8.15. The van der Waals surface area contributed by atoms with Crippen molar-refractivity contribution < 1.29 is 0 Å². The molecule has 0 fully saturated rings. The standard InChI is InChI=1S/C8H9BrN2/c9-5-2-1-4-8-10-6-3-7-11-8/h1-3,6-7H,4-5H2. The normalized spacial score (nSPS) is 10.6. The fourth-order valence-electron chi connectivity index (χ4n) is 0.687. The van der Waals surface area contributed by atoms with Gasteiger partial charge in [0, 0.05) is 24.1 Å². The molecular weight excluding hydrogens is 204 g/mol. The number of halogens is 1. The molecule has 0 atom stereocenters. The molecule has 0 amide bonds. The topological polar surface area (TPSA) is 25.8 Å². The molecule has 1 rings (SSSR count). The van der Waals surface area contributed by atoms with Crippen LogP contribution in [0.2, 0.25) is 0 Å². The number of hydrogen-bond donors (Lipinski definition) is 0. The van der Waals surface area contributed by atoms with E-state index in [-0.39, 0.29) is 0 Å². The smallest absolute Gasteiger partial charge is 0.131 e. The third-order valence-corrected chi connectivity index (χ3v) is 1.55. The van der Waals surface area contributed by atoms with Crippen LogP contribution in [-0.4, -0.2) is 15.3 Å². The minimum Gasteiger partial charge on any atom is -0.241 e. The Kier molecular flexibility index (Phi) is 3.83. The summed E-state index contributed by atoms with van der Waals surface area (Å²) in [6.45, 7) is 0. The maximum Gasteiger partial charge on any atom is 0.131 e. The fraction of sp³-hybridized carbons (Fsp3) is 0.250. The number of hydrogen-bond acceptors (Lipinski definition) is 2. The molecule has 3 heteroatoms. The van der Waals surface area contributed by atoms with Crippen molar-refractivity contribution in [3.63, 3.8) is 0 Å². The average Bonchev–Trinajstić information content (AvgIpc) is 2.07. The molecule has 0 aliphatic rings. The minimum absolute atomic E-state index is 0.812. The van der Waals surface area contributed by atoms with Crippen molar-refractivity contribution in [2.45, 2.75) is 6.42 Å². The van der Waals surface area contributed by atoms with Crippen molar-refractivity contribution in [3.8, 4) is 0 Å². The van der Waals surface area contributed by atoms with E-state index in [2.05, 4.69) is 25.9 Å². The highest BCUT2D eigenvalue weighted by atomic mass is 79.9. The van der Waals surface area contributed by atoms with Crippen LogP contribution in [0, 0.1) is 0 Å². The van der Waals surface area contributed by atoms with Gasteiger partial charge in [-0.3, -0.25) is 0 Å². The van der Waals surface area contributed by atoms with Crippen molar-refractivity contribution in [1.29, 1.82) is 0 Å². The van der Waals surface area contributed by atoms with E-state index in [0.717, 1.165) is 17.6 Å². The lowest BCUT2D eigenvalue weighted by Crippen LogP contribution is -1.89. The Morgan fingerprint density at radius 3 is 2.64 bits per heavy atom. The van der Waals surface area contributed by atoms with Crippen LogP contribution in [0.4, 0.5) is 0 Å². The quantitative estimate of drug-likeness (QED) is 0.566. The molecule has 2 nitrogen and oxygen atoms in total. The van der Waals surface area contributed by atoms with Gasteiger partial charge in [-0.25, -0.2) is 9.97 Å². The van der Waals surface area contributed by atoms with Crippen LogP contribution in [0.15, 0.2) is 30.6 Å². The predicted molar refractivity (Wildman–Crippen MR) is 48.7 cm³/mol. The summed E-state index contributed by atoms with van der Waals surface area (Å²) in [6.07, 6.45) is 8.40. The van der Waals surface area contributed by atoms with Crippen LogP contribution in [0.3, 0.4) is 0 Å². The molecule has 11 heavy (non-hydrogen) atoms. The Labute approximate surface area is 74.5 Å². The van der Waals surface area contributed by atoms with Gasteiger partial charge in [-0.05, 0) is 6.07 Å². The number of nitrogens with zero attached hydrogens (tertiary/aromatic N) is 2. The second-order valence-corrected chi connectivity index (χ2v) is 2.64. The molecule has 0 aliphatic carbocycles. The molecule has 1 heterocycles. The molecule has 58 valence electrons. The van der Waals surface area contributed by atoms with Gasteiger partial charge in [-0.1, -0.05) is 28.1 Å². The first kappa shape index (κ1) is 8.40. The van der Waals surface area contributed by atoms with Gasteiger partial charge < -0.3 is 0 Å². The Bertz CT molecular complexity index is 221. The molecule has 0 unspecified atom stereocenters. The molecule has 1 aromatic rings. The average molecular weight is 213 g/mol. The van der Waals surface area contributed by atoms with E-state index in [0.29, 0.717) is 0 Å². The molecule has 0 aliphatic heterocycles. The molecule has 0 spiro atoms. The highest BCUT2D eigenvalue weighted by Crippen LogP contribution is 1.91. The first-order chi connectivity index (χ1) is 5.43. The van der Waals surface area contributed by atoms with Crippen LogP contribution in [0.1, 0.15) is 5.82 Å². The highest BCUT2D eigenvalue weighted by molar-refractivity contribution is 9.09. The molecule has 0 bridgehead atoms. The summed E-state index contributed by atoms with van der Waals surface area (Å²) in [5.41, 5.74) is 0. The molecular formula is C8H9BrN2. The van der Waals surface area contributed by atoms with E-state index in [9.17, 15) is 0 Å². The van der Waals surface area contributed by atoms with Gasteiger partial charge in [0.25, 0.3) is 0 Å². The van der Waals surface area contributed by atoms with Gasteiger partial charge in [-0.15, -0.1) is 0 Å². The first-order valence-electron chi connectivity index (χ1n) is 3.40. The van der Waals surface area contributed by atoms with E-state index >= 15 is 0 Å². The molecule has 0 saturated heterocycles. The summed E-state index contributed by atoms with van der Waals surface area (Å²) < 4.78 is 0. The summed E-state index contributed by atoms with van der Waals surface area (Å²) >= 11 is 3.30. The highest BCUT2D eigenvalue weighted by Gasteiger charge is 1.87. The zero-order valence-electron chi connectivity index (χ0n) is 6.07. The van der Waals surface area contributed by atoms with Crippen LogP contribution < -0.4 is 0 Å². The SMILES string of the molecule is BrCC=CCc1ncccn1. The monoisotopic (exact) mass is 212 g/mol. The van der Waals surface area contributed by atoms with Gasteiger partial charge >= 0.3 is 0 Å². The van der Waals surface area contributed by atoms with Crippen LogP contribution >= 0.6 is 15.9 Å². The van der Waals surface area contributed by atoms with E-state index in [1.807, 2.05) is 18.2 Å². The summed E-state index contributed by atoms with van der Waals surface area (Å²) in [7, 11) is 0. The van der Waals surface area contributed by atoms with Crippen molar-refractivity contribution in [1.82, 2.24) is 9.97 Å². The molecule has 0 N–H and O–H groups in total. The summed E-state index contributed by atoms with van der Waals surface area (Å²) in [5.74, 6) is 0.865. The lowest BCUT2D eigenvalue weighted by molar-refractivity contribution is 0.988. The number of allylic oxidation sites excluding steroid dienone is 2. The summed E-state index contributed by atoms with van der Waals surface area (Å²) in [5, 5.41) is 0.889. The molecule has 0 aromatic carbocycles. The largest absolute Gasteiger partial charge is 0.241 e. The Balaban J connectivity index is 2.45. The maximum absolute atomic E-state index is 4.07. The lowest BCUT2D eigenvalue weighted by Gasteiger charge is -1.90. The Morgan fingerprint density at radius 1 is 1.27 bits per heavy atom. The lowest BCUT2D eigenvalue weighted by atomic mass is 10.3. The Hall–Kier alpha value is -0.700. The maximum atomic E-state index is 4.07. The van der Waals surface area contributed by atoms with Gasteiger partial charge in [0.15, 0.2) is 0 Å². The van der Waals surface area contributed by atoms with E-state index in [1.165, 1.54) is 0 Å². The van der Waals surface area contributed by atoms with Gasteiger partial charge in [-0.2, -0.15) is 0 Å². The van der Waals surface area contributed by atoms with Gasteiger partial charge in [0.1, 0.15) is 5.82 Å². The minimum atomic E-state index is 0.812. The number of alkyl halides is 1. The predicted octanol–water partition coefficient (Wildman–Crippen LogP) is 1.97. The molecule has 0 saturated carbocycles. The molecule has 1 aromatic heterocycles. The first-order valence-corrected chi connectivity index (χ1v) is 4.52. The zero-order chi connectivity index (χ0) is 7.94. The van der Waals surface area contributed by atoms with E-state index in [1.54, 1.807) is 12.4 Å². The van der Waals surface area contributed by atoms with Crippen LogP contribution in [0.25, 0.3) is 0 Å². The third-order valence-electron chi connectivity index (χ3n) is 1.18.